The van der Waals surface area contributed by atoms with Crippen molar-refractivity contribution in [1.29, 1.82) is 0 Å². The molecule has 1 aliphatic rings. The molecule has 22 heavy (non-hydrogen) atoms. The van der Waals surface area contributed by atoms with Crippen molar-refractivity contribution in [3.63, 3.8) is 0 Å². The first-order valence-corrected chi connectivity index (χ1v) is 8.76. The molecule has 0 spiro atoms. The Bertz CT molecular complexity index is 711. The van der Waals surface area contributed by atoms with Crippen molar-refractivity contribution in [2.75, 3.05) is 0 Å². The maximum absolute atomic E-state index is 9.30. The second-order valence-corrected chi connectivity index (χ2v) is 7.06. The van der Waals surface area contributed by atoms with Crippen LogP contribution in [0.1, 0.15) is 42.2 Å². The summed E-state index contributed by atoms with van der Waals surface area (Å²) in [6.07, 6.45) is 4.60. The Kier molecular flexibility index (Phi) is 4.44. The first kappa shape index (κ1) is 15.8. The third kappa shape index (κ3) is 2.76. The van der Waals surface area contributed by atoms with Gasteiger partial charge in [-0.15, -0.1) is 11.3 Å². The van der Waals surface area contributed by atoms with Crippen molar-refractivity contribution in [2.24, 2.45) is 7.05 Å². The first-order valence-electron chi connectivity index (χ1n) is 7.47. The van der Waals surface area contributed by atoms with E-state index < -0.39 is 0 Å². The highest BCUT2D eigenvalue weighted by Crippen LogP contribution is 2.40. The van der Waals surface area contributed by atoms with Crippen LogP contribution < -0.4 is 5.32 Å². The summed E-state index contributed by atoms with van der Waals surface area (Å²) >= 11 is 7.10. The van der Waals surface area contributed by atoms with Gasteiger partial charge in [-0.25, -0.2) is 9.67 Å². The summed E-state index contributed by atoms with van der Waals surface area (Å²) in [5.74, 6) is 0.581. The third-order valence-electron chi connectivity index (χ3n) is 4.33. The molecule has 2 heterocycles. The number of aliphatic hydroxyl groups excluding tert-OH is 1. The van der Waals surface area contributed by atoms with Gasteiger partial charge in [-0.3, -0.25) is 5.32 Å². The van der Waals surface area contributed by atoms with Crippen molar-refractivity contribution in [2.45, 2.75) is 51.4 Å². The number of hydrogen-bond acceptors (Lipinski definition) is 6. The van der Waals surface area contributed by atoms with Gasteiger partial charge in [0.2, 0.25) is 0 Å². The molecule has 1 fully saturated rings. The summed E-state index contributed by atoms with van der Waals surface area (Å²) in [5.41, 5.74) is 1.01. The average molecular weight is 339 g/mol. The van der Waals surface area contributed by atoms with E-state index in [1.54, 1.807) is 20.6 Å². The molecule has 3 rings (SSSR count). The Labute approximate surface area is 138 Å². The minimum absolute atomic E-state index is 0.0649. The van der Waals surface area contributed by atoms with Gasteiger partial charge in [-0.2, -0.15) is 5.10 Å². The lowest BCUT2D eigenvalue weighted by atomic mass is 9.99. The molecule has 8 heteroatoms. The van der Waals surface area contributed by atoms with Crippen LogP contribution in [-0.4, -0.2) is 24.4 Å². The van der Waals surface area contributed by atoms with Gasteiger partial charge in [0, 0.05) is 18.1 Å². The molecule has 0 radical (unpaired) electrons. The fraction of sp³-hybridized carbons (Fsp3) is 0.643. The van der Waals surface area contributed by atoms with Crippen LogP contribution in [0.2, 0.25) is 0 Å². The smallest absolute Gasteiger partial charge is 0.198 e. The normalized spacial score (nSPS) is 17.2. The maximum Gasteiger partial charge on any atom is 0.198 e. The predicted molar refractivity (Wildman–Crippen MR) is 88.1 cm³/mol. The fourth-order valence-electron chi connectivity index (χ4n) is 3.02. The molecule has 0 atom stereocenters. The summed E-state index contributed by atoms with van der Waals surface area (Å²) in [7, 11) is 1.83. The van der Waals surface area contributed by atoms with Crippen molar-refractivity contribution in [3.05, 3.63) is 26.7 Å². The molecule has 1 aliphatic carbocycles. The zero-order chi connectivity index (χ0) is 15.7. The van der Waals surface area contributed by atoms with Crippen LogP contribution in [0.25, 0.3) is 0 Å². The van der Waals surface area contributed by atoms with Crippen LogP contribution in [0.15, 0.2) is 5.38 Å². The number of hydrogen-bond donors (Lipinski definition) is 2. The number of aryl methyl sites for hydroxylation is 1. The number of rotatable bonds is 5. The van der Waals surface area contributed by atoms with E-state index in [0.29, 0.717) is 17.3 Å². The van der Waals surface area contributed by atoms with Gasteiger partial charge >= 0.3 is 0 Å². The second kappa shape index (κ2) is 6.19. The van der Waals surface area contributed by atoms with Gasteiger partial charge in [0.25, 0.3) is 0 Å². The van der Waals surface area contributed by atoms with E-state index in [1.807, 2.05) is 14.0 Å². The lowest BCUT2D eigenvalue weighted by Crippen LogP contribution is -2.41. The number of nitrogens with one attached hydrogen (secondary N) is 1. The minimum atomic E-state index is -0.107. The Morgan fingerprint density at radius 2 is 2.18 bits per heavy atom. The van der Waals surface area contributed by atoms with Gasteiger partial charge < -0.3 is 9.67 Å². The number of thiazole rings is 1. The van der Waals surface area contributed by atoms with E-state index in [4.69, 9.17) is 17.2 Å². The summed E-state index contributed by atoms with van der Waals surface area (Å²) in [6, 6.07) is 0. The van der Waals surface area contributed by atoms with E-state index in [2.05, 4.69) is 15.8 Å². The second-order valence-electron chi connectivity index (χ2n) is 5.83. The van der Waals surface area contributed by atoms with Crippen LogP contribution in [0, 0.1) is 11.7 Å². The molecule has 0 bridgehead atoms. The Morgan fingerprint density at radius 3 is 2.73 bits per heavy atom. The van der Waals surface area contributed by atoms with E-state index >= 15 is 0 Å². The van der Waals surface area contributed by atoms with E-state index in [0.717, 1.165) is 23.5 Å². The number of aromatic nitrogens is 4. The molecular formula is C14H21N5OS2. The zero-order valence-electron chi connectivity index (χ0n) is 12.9. The fourth-order valence-corrected chi connectivity index (χ4v) is 4.26. The summed E-state index contributed by atoms with van der Waals surface area (Å²) in [4.78, 5) is 4.69. The van der Waals surface area contributed by atoms with Gasteiger partial charge in [0.1, 0.15) is 11.6 Å². The number of nitrogens with zero attached hydrogens (tertiary/aromatic N) is 4. The molecule has 0 aromatic carbocycles. The van der Waals surface area contributed by atoms with E-state index in [9.17, 15) is 5.11 Å². The molecule has 2 N–H and O–H groups in total. The molecule has 0 unspecified atom stereocenters. The van der Waals surface area contributed by atoms with Gasteiger partial charge in [0.15, 0.2) is 10.6 Å². The van der Waals surface area contributed by atoms with Crippen LogP contribution in [0.5, 0.6) is 0 Å². The number of aliphatic hydroxyl groups is 1. The maximum atomic E-state index is 9.30. The zero-order valence-corrected chi connectivity index (χ0v) is 14.5. The van der Waals surface area contributed by atoms with Crippen LogP contribution in [-0.2, 0) is 25.9 Å². The molecule has 6 nitrogen and oxygen atoms in total. The molecule has 0 amide bonds. The highest BCUT2D eigenvalue weighted by atomic mass is 32.1. The van der Waals surface area contributed by atoms with Crippen LogP contribution >= 0.6 is 23.6 Å². The molecule has 2 aromatic heterocycles. The molecular weight excluding hydrogens is 318 g/mol. The Morgan fingerprint density at radius 1 is 1.45 bits per heavy atom. The SMILES string of the molecule is Cc1csc(C2(NCn3nc(CO)n(C)c3=S)CCCC2)n1. The molecule has 1 saturated carbocycles. The van der Waals surface area contributed by atoms with E-state index in [-0.39, 0.29) is 12.1 Å². The topological polar surface area (TPSA) is 67.9 Å². The largest absolute Gasteiger partial charge is 0.388 e. The van der Waals surface area contributed by atoms with Crippen molar-refractivity contribution >= 4 is 23.6 Å². The Hall–Kier alpha value is -1.09. The summed E-state index contributed by atoms with van der Waals surface area (Å²) in [6.45, 7) is 2.46. The predicted octanol–water partition coefficient (Wildman–Crippen LogP) is 2.22. The van der Waals surface area contributed by atoms with Gasteiger partial charge in [-0.1, -0.05) is 12.8 Å². The molecule has 0 aliphatic heterocycles. The van der Waals surface area contributed by atoms with Gasteiger partial charge in [-0.05, 0) is 32.0 Å². The standard InChI is InChI=1S/C14H21N5OS2/c1-10-8-22-12(16-10)14(5-3-4-6-14)15-9-19-13(21)18(2)11(7-20)17-19/h8,15,20H,3-7,9H2,1-2H3. The van der Waals surface area contributed by atoms with Crippen molar-refractivity contribution < 1.29 is 5.11 Å². The average Bonchev–Trinajstić information content (AvgIpc) is 3.21. The minimum Gasteiger partial charge on any atom is -0.388 e. The monoisotopic (exact) mass is 339 g/mol. The van der Waals surface area contributed by atoms with Crippen molar-refractivity contribution in [3.8, 4) is 0 Å². The van der Waals surface area contributed by atoms with Crippen LogP contribution in [0.4, 0.5) is 0 Å². The lowest BCUT2D eigenvalue weighted by Gasteiger charge is -2.28. The quantitative estimate of drug-likeness (QED) is 0.818. The first-order chi connectivity index (χ1) is 10.6. The molecule has 2 aromatic rings. The molecule has 0 saturated heterocycles. The van der Waals surface area contributed by atoms with Crippen LogP contribution in [0.3, 0.4) is 0 Å². The lowest BCUT2D eigenvalue weighted by molar-refractivity contribution is 0.263. The Balaban J connectivity index is 1.83. The summed E-state index contributed by atoms with van der Waals surface area (Å²) in [5, 5.41) is 20.6. The van der Waals surface area contributed by atoms with Crippen molar-refractivity contribution in [1.82, 2.24) is 24.6 Å². The highest BCUT2D eigenvalue weighted by Gasteiger charge is 2.37. The molecule has 120 valence electrons. The third-order valence-corrected chi connectivity index (χ3v) is 5.97. The highest BCUT2D eigenvalue weighted by molar-refractivity contribution is 7.71. The van der Waals surface area contributed by atoms with E-state index in [1.165, 1.54) is 12.8 Å². The summed E-state index contributed by atoms with van der Waals surface area (Å²) < 4.78 is 4.09. The van der Waals surface area contributed by atoms with Gasteiger partial charge in [0.05, 0.1) is 12.2 Å².